The molecule has 1 saturated carbocycles. The SMILES string of the molecule is O=C(OCc1cnc(Cl)s1)C1CC1. The average Bonchev–Trinajstić information content (AvgIpc) is 2.87. The van der Waals surface area contributed by atoms with E-state index in [-0.39, 0.29) is 11.9 Å². The van der Waals surface area contributed by atoms with Crippen molar-refractivity contribution in [2.24, 2.45) is 5.92 Å². The van der Waals surface area contributed by atoms with Crippen molar-refractivity contribution in [2.75, 3.05) is 0 Å². The number of halogens is 1. The molecule has 0 radical (unpaired) electrons. The summed E-state index contributed by atoms with van der Waals surface area (Å²) in [6.45, 7) is 0.305. The van der Waals surface area contributed by atoms with Crippen molar-refractivity contribution in [3.63, 3.8) is 0 Å². The van der Waals surface area contributed by atoms with E-state index in [4.69, 9.17) is 16.3 Å². The minimum atomic E-state index is -0.0930. The first-order valence-electron chi connectivity index (χ1n) is 4.02. The Morgan fingerprint density at radius 2 is 2.54 bits per heavy atom. The largest absolute Gasteiger partial charge is 0.460 e. The van der Waals surface area contributed by atoms with Crippen LogP contribution in [0.15, 0.2) is 6.20 Å². The number of thiazole rings is 1. The highest BCUT2D eigenvalue weighted by Gasteiger charge is 2.31. The molecule has 2 rings (SSSR count). The van der Waals surface area contributed by atoms with E-state index in [1.54, 1.807) is 6.20 Å². The molecule has 1 aromatic heterocycles. The lowest BCUT2D eigenvalue weighted by Crippen LogP contribution is -2.05. The highest BCUT2D eigenvalue weighted by atomic mass is 35.5. The second-order valence-electron chi connectivity index (χ2n) is 2.96. The fourth-order valence-corrected chi connectivity index (χ4v) is 1.82. The molecule has 1 aliphatic rings. The van der Waals surface area contributed by atoms with Crippen LogP contribution in [0.3, 0.4) is 0 Å². The zero-order valence-corrected chi connectivity index (χ0v) is 8.40. The summed E-state index contributed by atoms with van der Waals surface area (Å²) in [5.74, 6) is 0.0629. The molecule has 1 aromatic rings. The van der Waals surface area contributed by atoms with Crippen LogP contribution >= 0.6 is 22.9 Å². The molecule has 0 saturated heterocycles. The van der Waals surface area contributed by atoms with E-state index in [0.29, 0.717) is 11.1 Å². The molecule has 0 amide bonds. The van der Waals surface area contributed by atoms with E-state index in [9.17, 15) is 4.79 Å². The van der Waals surface area contributed by atoms with E-state index < -0.39 is 0 Å². The molecule has 0 aliphatic heterocycles. The van der Waals surface area contributed by atoms with Crippen molar-refractivity contribution in [2.45, 2.75) is 19.4 Å². The maximum atomic E-state index is 11.1. The maximum absolute atomic E-state index is 11.1. The van der Waals surface area contributed by atoms with Gasteiger partial charge >= 0.3 is 5.97 Å². The van der Waals surface area contributed by atoms with Gasteiger partial charge in [-0.15, -0.1) is 11.3 Å². The summed E-state index contributed by atoms with van der Waals surface area (Å²) < 4.78 is 5.52. The lowest BCUT2D eigenvalue weighted by atomic mass is 10.4. The molecule has 0 aromatic carbocycles. The molecule has 13 heavy (non-hydrogen) atoms. The average molecular weight is 218 g/mol. The number of carbonyl (C=O) groups excluding carboxylic acids is 1. The third-order valence-electron chi connectivity index (χ3n) is 1.79. The third-order valence-corrected chi connectivity index (χ3v) is 2.88. The Hall–Kier alpha value is -0.610. The van der Waals surface area contributed by atoms with E-state index in [1.165, 1.54) is 11.3 Å². The van der Waals surface area contributed by atoms with Crippen LogP contribution in [0.2, 0.25) is 4.47 Å². The van der Waals surface area contributed by atoms with Gasteiger partial charge in [0.05, 0.1) is 10.8 Å². The highest BCUT2D eigenvalue weighted by molar-refractivity contribution is 7.15. The minimum absolute atomic E-state index is 0.0930. The molecule has 0 atom stereocenters. The summed E-state index contributed by atoms with van der Waals surface area (Å²) in [4.78, 5) is 15.9. The third kappa shape index (κ3) is 2.42. The fourth-order valence-electron chi connectivity index (χ4n) is 0.930. The second kappa shape index (κ2) is 3.64. The van der Waals surface area contributed by atoms with Crippen LogP contribution in [0.5, 0.6) is 0 Å². The molecule has 1 fully saturated rings. The van der Waals surface area contributed by atoms with Crippen LogP contribution in [-0.2, 0) is 16.1 Å². The van der Waals surface area contributed by atoms with Gasteiger partial charge in [-0.1, -0.05) is 11.6 Å². The van der Waals surface area contributed by atoms with E-state index in [2.05, 4.69) is 4.98 Å². The van der Waals surface area contributed by atoms with Crippen molar-refractivity contribution in [3.05, 3.63) is 15.5 Å². The number of hydrogen-bond donors (Lipinski definition) is 0. The number of carbonyl (C=O) groups is 1. The topological polar surface area (TPSA) is 39.2 Å². The fraction of sp³-hybridized carbons (Fsp3) is 0.500. The molecule has 0 bridgehead atoms. The molecule has 5 heteroatoms. The van der Waals surface area contributed by atoms with Gasteiger partial charge in [0.1, 0.15) is 6.61 Å². The monoisotopic (exact) mass is 217 g/mol. The summed E-state index contributed by atoms with van der Waals surface area (Å²) in [6.07, 6.45) is 3.58. The molecular weight excluding hydrogens is 210 g/mol. The molecular formula is C8H8ClNO2S. The summed E-state index contributed by atoms with van der Waals surface area (Å²) in [5, 5.41) is 0. The van der Waals surface area contributed by atoms with Crippen molar-refractivity contribution in [1.29, 1.82) is 0 Å². The second-order valence-corrected chi connectivity index (χ2v) is 4.66. The van der Waals surface area contributed by atoms with Gasteiger partial charge in [0.15, 0.2) is 4.47 Å². The van der Waals surface area contributed by atoms with Gasteiger partial charge in [-0.05, 0) is 12.8 Å². The van der Waals surface area contributed by atoms with Crippen molar-refractivity contribution in [1.82, 2.24) is 4.98 Å². The molecule has 0 spiro atoms. The van der Waals surface area contributed by atoms with Gasteiger partial charge in [-0.3, -0.25) is 4.79 Å². The van der Waals surface area contributed by atoms with Gasteiger partial charge in [0, 0.05) is 6.20 Å². The standard InChI is InChI=1S/C8H8ClNO2S/c9-8-10-3-6(13-8)4-12-7(11)5-1-2-5/h3,5H,1-2,4H2. The van der Waals surface area contributed by atoms with Crippen LogP contribution in [0.4, 0.5) is 0 Å². The minimum Gasteiger partial charge on any atom is -0.460 e. The summed E-state index contributed by atoms with van der Waals surface area (Å²) in [5.41, 5.74) is 0. The first-order chi connectivity index (χ1) is 6.25. The van der Waals surface area contributed by atoms with E-state index in [1.807, 2.05) is 0 Å². The van der Waals surface area contributed by atoms with Gasteiger partial charge in [0.2, 0.25) is 0 Å². The van der Waals surface area contributed by atoms with Crippen molar-refractivity contribution in [3.8, 4) is 0 Å². The predicted molar refractivity (Wildman–Crippen MR) is 49.6 cm³/mol. The lowest BCUT2D eigenvalue weighted by molar-refractivity contribution is -0.146. The molecule has 3 nitrogen and oxygen atoms in total. The number of esters is 1. The number of aromatic nitrogens is 1. The van der Waals surface area contributed by atoms with Crippen LogP contribution in [-0.4, -0.2) is 11.0 Å². The molecule has 1 heterocycles. The van der Waals surface area contributed by atoms with Gasteiger partial charge in [-0.2, -0.15) is 0 Å². The molecule has 0 N–H and O–H groups in total. The zero-order chi connectivity index (χ0) is 9.26. The Morgan fingerprint density at radius 1 is 1.77 bits per heavy atom. The van der Waals surface area contributed by atoms with Gasteiger partial charge in [-0.25, -0.2) is 4.98 Å². The van der Waals surface area contributed by atoms with E-state index in [0.717, 1.165) is 17.7 Å². The number of hydrogen-bond acceptors (Lipinski definition) is 4. The molecule has 70 valence electrons. The highest BCUT2D eigenvalue weighted by Crippen LogP contribution is 2.30. The summed E-state index contributed by atoms with van der Waals surface area (Å²) >= 11 is 6.96. The Labute approximate surface area is 84.7 Å². The van der Waals surface area contributed by atoms with Crippen LogP contribution in [0.1, 0.15) is 17.7 Å². The van der Waals surface area contributed by atoms with Crippen LogP contribution < -0.4 is 0 Å². The first-order valence-corrected chi connectivity index (χ1v) is 5.22. The van der Waals surface area contributed by atoms with Crippen LogP contribution in [0, 0.1) is 5.92 Å². The smallest absolute Gasteiger partial charge is 0.309 e. The van der Waals surface area contributed by atoms with E-state index >= 15 is 0 Å². The predicted octanol–water partition coefficient (Wildman–Crippen LogP) is 2.25. The lowest BCUT2D eigenvalue weighted by Gasteiger charge is -1.99. The Morgan fingerprint density at radius 3 is 3.08 bits per heavy atom. The summed E-state index contributed by atoms with van der Waals surface area (Å²) in [7, 11) is 0. The van der Waals surface area contributed by atoms with Crippen LogP contribution in [0.25, 0.3) is 0 Å². The zero-order valence-electron chi connectivity index (χ0n) is 6.83. The molecule has 0 unspecified atom stereocenters. The summed E-state index contributed by atoms with van der Waals surface area (Å²) in [6, 6.07) is 0. The Kier molecular flexibility index (Phi) is 2.51. The Bertz CT molecular complexity index is 322. The normalized spacial score (nSPS) is 15.8. The van der Waals surface area contributed by atoms with Gasteiger partial charge < -0.3 is 4.74 Å². The number of ether oxygens (including phenoxy) is 1. The van der Waals surface area contributed by atoms with Crippen molar-refractivity contribution >= 4 is 28.9 Å². The number of nitrogens with zero attached hydrogens (tertiary/aromatic N) is 1. The Balaban J connectivity index is 1.81. The quantitative estimate of drug-likeness (QED) is 0.729. The number of rotatable bonds is 3. The van der Waals surface area contributed by atoms with Gasteiger partial charge in [0.25, 0.3) is 0 Å². The molecule has 1 aliphatic carbocycles. The first kappa shape index (κ1) is 8.97. The maximum Gasteiger partial charge on any atom is 0.309 e. The van der Waals surface area contributed by atoms with Crippen molar-refractivity contribution < 1.29 is 9.53 Å².